The molecule has 1 fully saturated rings. The van der Waals surface area contributed by atoms with Crippen molar-refractivity contribution < 1.29 is 4.39 Å². The Hall–Kier alpha value is -0.960. The fourth-order valence-corrected chi connectivity index (χ4v) is 2.90. The Morgan fingerprint density at radius 2 is 2.06 bits per heavy atom. The van der Waals surface area contributed by atoms with Crippen molar-refractivity contribution in [1.29, 1.82) is 0 Å². The van der Waals surface area contributed by atoms with E-state index in [0.29, 0.717) is 5.92 Å². The first kappa shape index (κ1) is 12.5. The van der Waals surface area contributed by atoms with Crippen LogP contribution in [0.5, 0.6) is 0 Å². The van der Waals surface area contributed by atoms with Crippen molar-refractivity contribution in [1.82, 2.24) is 10.3 Å². The van der Waals surface area contributed by atoms with Crippen LogP contribution in [0.15, 0.2) is 18.5 Å². The molecule has 1 aliphatic rings. The van der Waals surface area contributed by atoms with Gasteiger partial charge >= 0.3 is 0 Å². The number of nitrogens with one attached hydrogen (secondary N) is 1. The largest absolute Gasteiger partial charge is 0.313 e. The van der Waals surface area contributed by atoms with Crippen molar-refractivity contribution in [2.45, 2.75) is 38.6 Å². The van der Waals surface area contributed by atoms with E-state index in [9.17, 15) is 4.39 Å². The van der Waals surface area contributed by atoms with Gasteiger partial charge in [-0.15, -0.1) is 0 Å². The molecule has 0 bridgehead atoms. The first-order chi connectivity index (χ1) is 8.22. The van der Waals surface area contributed by atoms with Gasteiger partial charge in [-0.05, 0) is 37.8 Å². The Balaban J connectivity index is 2.14. The van der Waals surface area contributed by atoms with Crippen LogP contribution < -0.4 is 5.32 Å². The molecule has 17 heavy (non-hydrogen) atoms. The Bertz CT molecular complexity index is 359. The van der Waals surface area contributed by atoms with E-state index in [1.807, 2.05) is 7.05 Å². The van der Waals surface area contributed by atoms with Gasteiger partial charge in [0.1, 0.15) is 5.82 Å². The van der Waals surface area contributed by atoms with E-state index >= 15 is 0 Å². The second-order valence-electron chi connectivity index (χ2n) is 5.18. The molecule has 2 nitrogen and oxygen atoms in total. The fourth-order valence-electron chi connectivity index (χ4n) is 2.90. The van der Waals surface area contributed by atoms with Gasteiger partial charge in [0.05, 0.1) is 6.20 Å². The van der Waals surface area contributed by atoms with E-state index in [2.05, 4.69) is 17.2 Å². The van der Waals surface area contributed by atoms with Crippen LogP contribution in [-0.2, 0) is 0 Å². The highest BCUT2D eigenvalue weighted by atomic mass is 19.1. The van der Waals surface area contributed by atoms with Crippen molar-refractivity contribution in [3.63, 3.8) is 0 Å². The second-order valence-corrected chi connectivity index (χ2v) is 5.18. The van der Waals surface area contributed by atoms with Crippen LogP contribution in [-0.4, -0.2) is 12.0 Å². The summed E-state index contributed by atoms with van der Waals surface area (Å²) in [5.41, 5.74) is 0.766. The van der Waals surface area contributed by atoms with E-state index in [1.54, 1.807) is 12.3 Å². The maximum absolute atomic E-state index is 13.8. The molecule has 0 aliphatic heterocycles. The topological polar surface area (TPSA) is 24.9 Å². The van der Waals surface area contributed by atoms with Crippen molar-refractivity contribution in [3.05, 3.63) is 29.8 Å². The molecular weight excluding hydrogens is 215 g/mol. The van der Waals surface area contributed by atoms with Gasteiger partial charge in [-0.25, -0.2) is 4.39 Å². The number of aromatic nitrogens is 1. The van der Waals surface area contributed by atoms with Crippen molar-refractivity contribution in [2.75, 3.05) is 7.05 Å². The first-order valence-corrected chi connectivity index (χ1v) is 6.49. The average molecular weight is 236 g/mol. The minimum Gasteiger partial charge on any atom is -0.313 e. The summed E-state index contributed by atoms with van der Waals surface area (Å²) in [7, 11) is 1.92. The normalized spacial score (nSPS) is 26.8. The summed E-state index contributed by atoms with van der Waals surface area (Å²) in [5.74, 6) is 1.18. The lowest BCUT2D eigenvalue weighted by atomic mass is 9.77. The standard InChI is InChI=1S/C14H21FN2/c1-10-3-5-11(6-4-10)14(16-2)12-7-8-17-9-13(12)15/h7-11,14,16H,3-6H2,1-2H3. The van der Waals surface area contributed by atoms with Crippen LogP contribution in [0, 0.1) is 17.7 Å². The summed E-state index contributed by atoms with van der Waals surface area (Å²) in [4.78, 5) is 3.82. The van der Waals surface area contributed by atoms with Crippen molar-refractivity contribution in [3.8, 4) is 0 Å². The number of rotatable bonds is 3. The summed E-state index contributed by atoms with van der Waals surface area (Å²) in [6, 6.07) is 1.93. The molecule has 3 heteroatoms. The third kappa shape index (κ3) is 2.83. The maximum atomic E-state index is 13.8. The molecule has 1 saturated carbocycles. The van der Waals surface area contributed by atoms with Gasteiger partial charge in [0.25, 0.3) is 0 Å². The van der Waals surface area contributed by atoms with E-state index in [0.717, 1.165) is 11.5 Å². The molecule has 2 rings (SSSR count). The molecule has 1 unspecified atom stereocenters. The molecule has 1 heterocycles. The van der Waals surface area contributed by atoms with Crippen LogP contribution in [0.2, 0.25) is 0 Å². The third-order valence-corrected chi connectivity index (χ3v) is 3.98. The molecule has 0 aromatic carbocycles. The molecule has 0 saturated heterocycles. The molecule has 0 radical (unpaired) electrons. The minimum atomic E-state index is -0.189. The van der Waals surface area contributed by atoms with E-state index in [-0.39, 0.29) is 11.9 Å². The number of hydrogen-bond donors (Lipinski definition) is 1. The lowest BCUT2D eigenvalue weighted by Gasteiger charge is -2.33. The zero-order chi connectivity index (χ0) is 12.3. The highest BCUT2D eigenvalue weighted by molar-refractivity contribution is 5.18. The fraction of sp³-hybridized carbons (Fsp3) is 0.643. The zero-order valence-electron chi connectivity index (χ0n) is 10.6. The quantitative estimate of drug-likeness (QED) is 0.871. The summed E-state index contributed by atoms with van der Waals surface area (Å²) < 4.78 is 13.8. The Morgan fingerprint density at radius 3 is 2.65 bits per heavy atom. The molecule has 0 spiro atoms. The smallest absolute Gasteiger partial charge is 0.146 e. The van der Waals surface area contributed by atoms with Crippen LogP contribution in [0.1, 0.15) is 44.2 Å². The van der Waals surface area contributed by atoms with Crippen molar-refractivity contribution in [2.24, 2.45) is 11.8 Å². The van der Waals surface area contributed by atoms with Gasteiger partial charge in [0, 0.05) is 17.8 Å². The van der Waals surface area contributed by atoms with Crippen LogP contribution in [0.25, 0.3) is 0 Å². The van der Waals surface area contributed by atoms with Crippen LogP contribution >= 0.6 is 0 Å². The summed E-state index contributed by atoms with van der Waals surface area (Å²) >= 11 is 0. The number of nitrogens with zero attached hydrogens (tertiary/aromatic N) is 1. The van der Waals surface area contributed by atoms with Crippen LogP contribution in [0.4, 0.5) is 4.39 Å². The third-order valence-electron chi connectivity index (χ3n) is 3.98. The number of halogens is 1. The molecule has 1 atom stereocenters. The molecule has 1 aromatic heterocycles. The number of hydrogen-bond acceptors (Lipinski definition) is 2. The molecule has 1 N–H and O–H groups in total. The molecule has 1 aliphatic carbocycles. The second kappa shape index (κ2) is 5.58. The molecule has 1 aromatic rings. The zero-order valence-corrected chi connectivity index (χ0v) is 10.6. The molecule has 94 valence electrons. The SMILES string of the molecule is CNC(c1ccncc1F)C1CCC(C)CC1. The van der Waals surface area contributed by atoms with Gasteiger partial charge in [-0.3, -0.25) is 4.98 Å². The Morgan fingerprint density at radius 1 is 1.35 bits per heavy atom. The van der Waals surface area contributed by atoms with Crippen molar-refractivity contribution >= 4 is 0 Å². The summed E-state index contributed by atoms with van der Waals surface area (Å²) in [6.45, 7) is 2.30. The summed E-state index contributed by atoms with van der Waals surface area (Å²) in [6.07, 6.45) is 7.88. The van der Waals surface area contributed by atoms with Crippen LogP contribution in [0.3, 0.4) is 0 Å². The lowest BCUT2D eigenvalue weighted by Crippen LogP contribution is -2.29. The number of pyridine rings is 1. The van der Waals surface area contributed by atoms with E-state index in [1.165, 1.54) is 31.9 Å². The van der Waals surface area contributed by atoms with Gasteiger partial charge in [0.15, 0.2) is 0 Å². The van der Waals surface area contributed by atoms with Gasteiger partial charge in [-0.2, -0.15) is 0 Å². The Labute approximate surface area is 103 Å². The Kier molecular flexibility index (Phi) is 4.11. The monoisotopic (exact) mass is 236 g/mol. The average Bonchev–Trinajstić information content (AvgIpc) is 2.35. The van der Waals surface area contributed by atoms with Gasteiger partial charge < -0.3 is 5.32 Å². The van der Waals surface area contributed by atoms with Gasteiger partial charge in [0.2, 0.25) is 0 Å². The van der Waals surface area contributed by atoms with E-state index in [4.69, 9.17) is 0 Å². The van der Waals surface area contributed by atoms with E-state index < -0.39 is 0 Å². The summed E-state index contributed by atoms with van der Waals surface area (Å²) in [5, 5.41) is 3.28. The lowest BCUT2D eigenvalue weighted by molar-refractivity contribution is 0.235. The highest BCUT2D eigenvalue weighted by Gasteiger charge is 2.27. The molecule has 0 amide bonds. The minimum absolute atomic E-state index is 0.130. The predicted octanol–water partition coefficient (Wildman–Crippen LogP) is 3.31. The maximum Gasteiger partial charge on any atom is 0.146 e. The molecular formula is C14H21FN2. The highest BCUT2D eigenvalue weighted by Crippen LogP contribution is 2.36. The predicted molar refractivity (Wildman–Crippen MR) is 67.1 cm³/mol. The van der Waals surface area contributed by atoms with Gasteiger partial charge in [-0.1, -0.05) is 19.8 Å². The first-order valence-electron chi connectivity index (χ1n) is 6.49.